The van der Waals surface area contributed by atoms with Crippen molar-refractivity contribution in [2.45, 2.75) is 20.0 Å². The molecule has 3 rings (SSSR count). The van der Waals surface area contributed by atoms with Crippen LogP contribution >= 0.6 is 23.2 Å². The Morgan fingerprint density at radius 2 is 2.00 bits per heavy atom. The summed E-state index contributed by atoms with van der Waals surface area (Å²) >= 11 is 12.5. The molecule has 0 bridgehead atoms. The highest BCUT2D eigenvalue weighted by molar-refractivity contribution is 6.43. The summed E-state index contributed by atoms with van der Waals surface area (Å²) in [6.07, 6.45) is 0. The summed E-state index contributed by atoms with van der Waals surface area (Å²) in [4.78, 5) is 4.73. The van der Waals surface area contributed by atoms with Gasteiger partial charge < -0.3 is 10.3 Å². The molecule has 0 aliphatic carbocycles. The van der Waals surface area contributed by atoms with Gasteiger partial charge in [0.05, 0.1) is 21.1 Å². The first-order valence-electron chi connectivity index (χ1n) is 6.79. The Morgan fingerprint density at radius 3 is 2.71 bits per heavy atom. The summed E-state index contributed by atoms with van der Waals surface area (Å²) in [6, 6.07) is 11.7. The molecule has 1 heterocycles. The Kier molecular flexibility index (Phi) is 3.89. The molecular formula is C16H15Cl2N3. The maximum absolute atomic E-state index is 6.34. The van der Waals surface area contributed by atoms with Crippen LogP contribution < -0.4 is 5.73 Å². The number of nitrogens with zero attached hydrogens (tertiary/aromatic N) is 2. The molecule has 0 saturated heterocycles. The molecule has 0 saturated carbocycles. The van der Waals surface area contributed by atoms with Crippen LogP contribution in [0.25, 0.3) is 22.4 Å². The summed E-state index contributed by atoms with van der Waals surface area (Å²) in [5.41, 5.74) is 9.60. The van der Waals surface area contributed by atoms with Crippen LogP contribution in [-0.4, -0.2) is 9.55 Å². The monoisotopic (exact) mass is 319 g/mol. The van der Waals surface area contributed by atoms with E-state index in [0.29, 0.717) is 16.6 Å². The third-order valence-electron chi connectivity index (χ3n) is 3.56. The average Bonchev–Trinajstić information content (AvgIpc) is 2.87. The Hall–Kier alpha value is -1.55. The van der Waals surface area contributed by atoms with E-state index in [1.165, 1.54) is 0 Å². The number of benzene rings is 2. The minimum atomic E-state index is 0.502. The molecule has 2 aromatic carbocycles. The quantitative estimate of drug-likeness (QED) is 0.773. The fourth-order valence-corrected chi connectivity index (χ4v) is 2.89. The summed E-state index contributed by atoms with van der Waals surface area (Å²) in [5.74, 6) is 0.828. The molecule has 1 aromatic heterocycles. The molecule has 3 aromatic rings. The van der Waals surface area contributed by atoms with Gasteiger partial charge in [-0.15, -0.1) is 0 Å². The van der Waals surface area contributed by atoms with Crippen LogP contribution in [0.1, 0.15) is 12.5 Å². The van der Waals surface area contributed by atoms with Gasteiger partial charge in [0.25, 0.3) is 0 Å². The van der Waals surface area contributed by atoms with Gasteiger partial charge in [-0.05, 0) is 36.8 Å². The Bertz CT molecular complexity index is 809. The second kappa shape index (κ2) is 5.68. The molecule has 0 aliphatic rings. The van der Waals surface area contributed by atoms with Crippen molar-refractivity contribution in [1.82, 2.24) is 9.55 Å². The molecule has 0 atom stereocenters. The van der Waals surface area contributed by atoms with Crippen molar-refractivity contribution in [2.24, 2.45) is 5.73 Å². The highest BCUT2D eigenvalue weighted by Gasteiger charge is 2.15. The largest absolute Gasteiger partial charge is 0.326 e. The maximum Gasteiger partial charge on any atom is 0.142 e. The number of halogens is 2. The van der Waals surface area contributed by atoms with E-state index in [1.807, 2.05) is 24.3 Å². The fourth-order valence-electron chi connectivity index (χ4n) is 2.50. The van der Waals surface area contributed by atoms with Crippen LogP contribution in [0.5, 0.6) is 0 Å². The first-order chi connectivity index (χ1) is 10.2. The predicted molar refractivity (Wildman–Crippen MR) is 88.8 cm³/mol. The summed E-state index contributed by atoms with van der Waals surface area (Å²) in [6.45, 7) is 3.39. The lowest BCUT2D eigenvalue weighted by atomic mass is 10.2. The number of aryl methyl sites for hydroxylation is 1. The predicted octanol–water partition coefficient (Wildman–Crippen LogP) is 4.49. The van der Waals surface area contributed by atoms with Gasteiger partial charge in [0.2, 0.25) is 0 Å². The van der Waals surface area contributed by atoms with Gasteiger partial charge in [-0.25, -0.2) is 4.98 Å². The minimum absolute atomic E-state index is 0.502. The molecule has 0 aliphatic heterocycles. The molecule has 0 spiro atoms. The van der Waals surface area contributed by atoms with E-state index >= 15 is 0 Å². The molecule has 0 radical (unpaired) electrons. The van der Waals surface area contributed by atoms with Crippen molar-refractivity contribution in [1.29, 1.82) is 0 Å². The highest BCUT2D eigenvalue weighted by atomic mass is 35.5. The highest BCUT2D eigenvalue weighted by Crippen LogP contribution is 2.34. The van der Waals surface area contributed by atoms with Crippen molar-refractivity contribution in [3.63, 3.8) is 0 Å². The van der Waals surface area contributed by atoms with Crippen molar-refractivity contribution in [3.05, 3.63) is 52.0 Å². The zero-order chi connectivity index (χ0) is 15.0. The Morgan fingerprint density at radius 1 is 1.19 bits per heavy atom. The maximum atomic E-state index is 6.34. The number of rotatable bonds is 3. The minimum Gasteiger partial charge on any atom is -0.326 e. The number of hydrogen-bond donors (Lipinski definition) is 1. The zero-order valence-electron chi connectivity index (χ0n) is 11.6. The number of nitrogens with two attached hydrogens (primary N) is 1. The van der Waals surface area contributed by atoms with Gasteiger partial charge in [0, 0.05) is 18.7 Å². The molecule has 0 fully saturated rings. The van der Waals surface area contributed by atoms with E-state index < -0.39 is 0 Å². The van der Waals surface area contributed by atoms with Crippen molar-refractivity contribution >= 4 is 34.2 Å². The number of fused-ring (bicyclic) bond motifs is 1. The first-order valence-corrected chi connectivity index (χ1v) is 7.55. The lowest BCUT2D eigenvalue weighted by Crippen LogP contribution is -1.98. The van der Waals surface area contributed by atoms with Crippen molar-refractivity contribution in [3.8, 4) is 11.4 Å². The number of imidazole rings is 1. The molecule has 21 heavy (non-hydrogen) atoms. The van der Waals surface area contributed by atoms with Gasteiger partial charge in [-0.2, -0.15) is 0 Å². The fraction of sp³-hybridized carbons (Fsp3) is 0.188. The number of hydrogen-bond acceptors (Lipinski definition) is 2. The standard InChI is InChI=1S/C16H15Cl2N3/c1-2-21-14-7-6-10(9-19)8-13(14)20-16(21)11-4-3-5-12(17)15(11)18/h3-8H,2,9,19H2,1H3. The van der Waals surface area contributed by atoms with Crippen LogP contribution in [0.4, 0.5) is 0 Å². The van der Waals surface area contributed by atoms with E-state index in [9.17, 15) is 0 Å². The topological polar surface area (TPSA) is 43.8 Å². The van der Waals surface area contributed by atoms with E-state index in [1.54, 1.807) is 6.07 Å². The summed E-state index contributed by atoms with van der Waals surface area (Å²) in [5, 5.41) is 1.06. The number of aromatic nitrogens is 2. The van der Waals surface area contributed by atoms with E-state index in [0.717, 1.165) is 34.5 Å². The second-order valence-corrected chi connectivity index (χ2v) is 5.59. The Labute approximate surface area is 133 Å². The van der Waals surface area contributed by atoms with Crippen molar-refractivity contribution < 1.29 is 0 Å². The van der Waals surface area contributed by atoms with E-state index in [4.69, 9.17) is 33.9 Å². The lowest BCUT2D eigenvalue weighted by molar-refractivity contribution is 0.796. The second-order valence-electron chi connectivity index (χ2n) is 4.81. The third kappa shape index (κ3) is 2.42. The van der Waals surface area contributed by atoms with Gasteiger partial charge in [0.1, 0.15) is 5.82 Å². The molecule has 108 valence electrons. The van der Waals surface area contributed by atoms with Crippen LogP contribution in [0.2, 0.25) is 10.0 Å². The molecule has 2 N–H and O–H groups in total. The van der Waals surface area contributed by atoms with Crippen LogP contribution in [0.15, 0.2) is 36.4 Å². The first kappa shape index (κ1) is 14.4. The normalized spacial score (nSPS) is 11.2. The summed E-state index contributed by atoms with van der Waals surface area (Å²) < 4.78 is 2.13. The molecule has 0 unspecified atom stereocenters. The van der Waals surface area contributed by atoms with Crippen molar-refractivity contribution in [2.75, 3.05) is 0 Å². The molecular weight excluding hydrogens is 305 g/mol. The third-order valence-corrected chi connectivity index (χ3v) is 4.38. The Balaban J connectivity index is 2.29. The van der Waals surface area contributed by atoms with Gasteiger partial charge in [-0.1, -0.05) is 35.3 Å². The summed E-state index contributed by atoms with van der Waals surface area (Å²) in [7, 11) is 0. The molecule has 5 heteroatoms. The van der Waals surface area contributed by atoms with E-state index in [-0.39, 0.29) is 0 Å². The zero-order valence-corrected chi connectivity index (χ0v) is 13.1. The van der Waals surface area contributed by atoms with Gasteiger partial charge in [0.15, 0.2) is 0 Å². The molecule has 3 nitrogen and oxygen atoms in total. The van der Waals surface area contributed by atoms with E-state index in [2.05, 4.69) is 17.6 Å². The molecule has 0 amide bonds. The van der Waals surface area contributed by atoms with Crippen LogP contribution in [0, 0.1) is 0 Å². The van der Waals surface area contributed by atoms with Crippen LogP contribution in [0.3, 0.4) is 0 Å². The lowest BCUT2D eigenvalue weighted by Gasteiger charge is -2.08. The van der Waals surface area contributed by atoms with Gasteiger partial charge >= 0.3 is 0 Å². The SMILES string of the molecule is CCn1c(-c2cccc(Cl)c2Cl)nc2cc(CN)ccc21. The van der Waals surface area contributed by atoms with Gasteiger partial charge in [-0.3, -0.25) is 0 Å². The van der Waals surface area contributed by atoms with Crippen LogP contribution in [-0.2, 0) is 13.1 Å². The average molecular weight is 320 g/mol. The smallest absolute Gasteiger partial charge is 0.142 e.